The number of hydrogen-bond donors (Lipinski definition) is 0. The van der Waals surface area contributed by atoms with Gasteiger partial charge in [0, 0.05) is 39.5 Å². The molecule has 0 unspecified atom stereocenters. The highest BCUT2D eigenvalue weighted by molar-refractivity contribution is 9.10. The van der Waals surface area contributed by atoms with Gasteiger partial charge in [-0.25, -0.2) is 4.98 Å². The fourth-order valence-corrected chi connectivity index (χ4v) is 4.81. The Morgan fingerprint density at radius 2 is 2.07 bits per heavy atom. The van der Waals surface area contributed by atoms with Gasteiger partial charge in [-0.05, 0) is 19.1 Å². The van der Waals surface area contributed by atoms with Crippen LogP contribution in [0.25, 0.3) is 16.3 Å². The second kappa shape index (κ2) is 8.02. The predicted molar refractivity (Wildman–Crippen MR) is 117 cm³/mol. The van der Waals surface area contributed by atoms with Crippen molar-refractivity contribution in [3.63, 3.8) is 0 Å². The van der Waals surface area contributed by atoms with E-state index in [0.29, 0.717) is 17.3 Å². The highest BCUT2D eigenvalue weighted by Crippen LogP contribution is 2.27. The largest absolute Gasteiger partial charge is 0.298 e. The van der Waals surface area contributed by atoms with Crippen molar-refractivity contribution in [3.05, 3.63) is 74.6 Å². The van der Waals surface area contributed by atoms with Crippen LogP contribution >= 0.6 is 39.0 Å². The molecule has 0 aliphatic carbocycles. The minimum absolute atomic E-state index is 0.0533. The van der Waals surface area contributed by atoms with Gasteiger partial charge in [0.15, 0.2) is 15.9 Å². The number of nitrogens with zero attached hydrogens (tertiary/aromatic N) is 5. The molecule has 4 rings (SSSR count). The summed E-state index contributed by atoms with van der Waals surface area (Å²) in [6.07, 6.45) is 1.82. The van der Waals surface area contributed by atoms with Crippen LogP contribution in [-0.2, 0) is 12.3 Å². The van der Waals surface area contributed by atoms with Crippen LogP contribution in [-0.4, -0.2) is 24.1 Å². The molecule has 0 aliphatic rings. The number of allylic oxidation sites excluding steroid dienone is 1. The zero-order chi connectivity index (χ0) is 19.7. The van der Waals surface area contributed by atoms with Gasteiger partial charge in [0.2, 0.25) is 0 Å². The summed E-state index contributed by atoms with van der Waals surface area (Å²) in [5, 5.41) is 11.4. The van der Waals surface area contributed by atoms with E-state index in [4.69, 9.17) is 0 Å². The Morgan fingerprint density at radius 1 is 1.29 bits per heavy atom. The Balaban J connectivity index is 1.62. The maximum absolute atomic E-state index is 12.3. The lowest BCUT2D eigenvalue weighted by molar-refractivity contribution is 0.731. The van der Waals surface area contributed by atoms with Gasteiger partial charge < -0.3 is 0 Å². The van der Waals surface area contributed by atoms with Gasteiger partial charge in [-0.15, -0.1) is 28.1 Å². The molecular formula is C19H16BrN5OS2. The third-order valence-electron chi connectivity index (χ3n) is 4.11. The van der Waals surface area contributed by atoms with E-state index in [1.807, 2.05) is 47.2 Å². The monoisotopic (exact) mass is 473 g/mol. The fraction of sp³-hybridized carbons (Fsp3) is 0.158. The lowest BCUT2D eigenvalue weighted by atomic mass is 10.2. The van der Waals surface area contributed by atoms with Crippen molar-refractivity contribution in [2.24, 2.45) is 0 Å². The summed E-state index contributed by atoms with van der Waals surface area (Å²) in [6.45, 7) is 6.35. The van der Waals surface area contributed by atoms with Crippen LogP contribution in [0, 0.1) is 6.92 Å². The molecule has 0 radical (unpaired) electrons. The summed E-state index contributed by atoms with van der Waals surface area (Å²) in [6, 6.07) is 9.54. The Labute approximate surface area is 178 Å². The third kappa shape index (κ3) is 3.69. The van der Waals surface area contributed by atoms with E-state index in [-0.39, 0.29) is 5.56 Å². The van der Waals surface area contributed by atoms with Crippen LogP contribution in [0.1, 0.15) is 11.4 Å². The minimum atomic E-state index is -0.0533. The van der Waals surface area contributed by atoms with Crippen LogP contribution < -0.4 is 5.56 Å². The molecule has 4 aromatic rings. The van der Waals surface area contributed by atoms with Crippen molar-refractivity contribution in [1.82, 2.24) is 24.1 Å². The summed E-state index contributed by atoms with van der Waals surface area (Å²) in [4.78, 5) is 17.7. The second-order valence-electron chi connectivity index (χ2n) is 6.08. The molecule has 6 nitrogen and oxygen atoms in total. The van der Waals surface area contributed by atoms with E-state index < -0.39 is 0 Å². The SMILES string of the molecule is C=CCn1c(SCc2cc(=O)n3c(C)csc3n2)nnc1-c1ccc(Br)cc1. The zero-order valence-corrected chi connectivity index (χ0v) is 18.2. The van der Waals surface area contributed by atoms with Crippen molar-refractivity contribution in [1.29, 1.82) is 0 Å². The summed E-state index contributed by atoms with van der Waals surface area (Å²) in [7, 11) is 0. The van der Waals surface area contributed by atoms with E-state index in [9.17, 15) is 4.79 Å². The molecule has 0 N–H and O–H groups in total. The first-order chi connectivity index (χ1) is 13.6. The fourth-order valence-electron chi connectivity index (χ4n) is 2.81. The van der Waals surface area contributed by atoms with Gasteiger partial charge in [-0.3, -0.25) is 13.8 Å². The zero-order valence-electron chi connectivity index (χ0n) is 15.0. The molecule has 0 fully saturated rings. The average molecular weight is 474 g/mol. The molecule has 0 atom stereocenters. The van der Waals surface area contributed by atoms with Crippen LogP contribution in [0.15, 0.2) is 62.8 Å². The highest BCUT2D eigenvalue weighted by Gasteiger charge is 2.15. The number of benzene rings is 1. The number of halogens is 1. The van der Waals surface area contributed by atoms with E-state index in [1.54, 1.807) is 10.5 Å². The average Bonchev–Trinajstić information content (AvgIpc) is 3.25. The van der Waals surface area contributed by atoms with Gasteiger partial charge in [-0.1, -0.05) is 45.9 Å². The van der Waals surface area contributed by atoms with E-state index >= 15 is 0 Å². The molecule has 0 spiro atoms. The first-order valence-corrected chi connectivity index (χ1v) is 11.1. The van der Waals surface area contributed by atoms with E-state index in [2.05, 4.69) is 37.7 Å². The van der Waals surface area contributed by atoms with Crippen LogP contribution in [0.2, 0.25) is 0 Å². The number of fused-ring (bicyclic) bond motifs is 1. The summed E-state index contributed by atoms with van der Waals surface area (Å²) in [5.41, 5.74) is 2.57. The molecule has 9 heteroatoms. The first kappa shape index (κ1) is 19.1. The molecule has 3 aromatic heterocycles. The van der Waals surface area contributed by atoms with E-state index in [0.717, 1.165) is 32.4 Å². The van der Waals surface area contributed by atoms with Crippen molar-refractivity contribution in [2.45, 2.75) is 24.4 Å². The number of aromatic nitrogens is 5. The van der Waals surface area contributed by atoms with Crippen molar-refractivity contribution < 1.29 is 0 Å². The van der Waals surface area contributed by atoms with Gasteiger partial charge >= 0.3 is 0 Å². The highest BCUT2D eigenvalue weighted by atomic mass is 79.9. The second-order valence-corrected chi connectivity index (χ2v) is 8.78. The van der Waals surface area contributed by atoms with Gasteiger partial charge in [0.05, 0.1) is 5.69 Å². The summed E-state index contributed by atoms with van der Waals surface area (Å²) >= 11 is 6.43. The smallest absolute Gasteiger partial charge is 0.258 e. The Bertz CT molecular complexity index is 1210. The van der Waals surface area contributed by atoms with Gasteiger partial charge in [0.25, 0.3) is 5.56 Å². The standard InChI is InChI=1S/C19H16BrN5OS2/c1-3-8-24-17(13-4-6-14(20)7-5-13)22-23-19(24)28-11-15-9-16(26)25-12(2)10-27-18(25)21-15/h3-7,9-10H,1,8,11H2,2H3. The lowest BCUT2D eigenvalue weighted by Gasteiger charge is -2.08. The normalized spacial score (nSPS) is 11.2. The molecule has 0 aliphatic heterocycles. The molecule has 142 valence electrons. The molecular weight excluding hydrogens is 458 g/mol. The quantitative estimate of drug-likeness (QED) is 0.303. The molecule has 0 bridgehead atoms. The van der Waals surface area contributed by atoms with Gasteiger partial charge in [0.1, 0.15) is 0 Å². The van der Waals surface area contributed by atoms with Crippen molar-refractivity contribution in [3.8, 4) is 11.4 Å². The Kier molecular flexibility index (Phi) is 5.47. The van der Waals surface area contributed by atoms with Crippen LogP contribution in [0.5, 0.6) is 0 Å². The molecule has 0 saturated carbocycles. The summed E-state index contributed by atoms with van der Waals surface area (Å²) in [5.74, 6) is 1.32. The summed E-state index contributed by atoms with van der Waals surface area (Å²) < 4.78 is 4.66. The van der Waals surface area contributed by atoms with Crippen LogP contribution in [0.3, 0.4) is 0 Å². The maximum atomic E-state index is 12.3. The minimum Gasteiger partial charge on any atom is -0.298 e. The number of hydrogen-bond acceptors (Lipinski definition) is 6. The third-order valence-corrected chi connectivity index (χ3v) is 6.58. The lowest BCUT2D eigenvalue weighted by Crippen LogP contribution is -2.14. The van der Waals surface area contributed by atoms with Crippen molar-refractivity contribution in [2.75, 3.05) is 0 Å². The molecule has 1 aromatic carbocycles. The van der Waals surface area contributed by atoms with Gasteiger partial charge in [-0.2, -0.15) is 0 Å². The molecule has 3 heterocycles. The number of aryl methyl sites for hydroxylation is 1. The topological polar surface area (TPSA) is 65.1 Å². The number of thioether (sulfide) groups is 1. The molecule has 28 heavy (non-hydrogen) atoms. The maximum Gasteiger partial charge on any atom is 0.258 e. The van der Waals surface area contributed by atoms with Crippen LogP contribution in [0.4, 0.5) is 0 Å². The molecule has 0 saturated heterocycles. The predicted octanol–water partition coefficient (Wildman–Crippen LogP) is 4.56. The first-order valence-electron chi connectivity index (χ1n) is 8.46. The van der Waals surface area contributed by atoms with Crippen molar-refractivity contribution >= 4 is 44.0 Å². The number of rotatable bonds is 6. The Hall–Kier alpha value is -2.23. The van der Waals surface area contributed by atoms with E-state index in [1.165, 1.54) is 23.1 Å². The number of thiazole rings is 1. The Morgan fingerprint density at radius 3 is 2.82 bits per heavy atom. The molecule has 0 amide bonds.